The average molecular weight is 227 g/mol. The maximum absolute atomic E-state index is 5.47. The van der Waals surface area contributed by atoms with Crippen LogP contribution in [0.4, 0.5) is 0 Å². The van der Waals surface area contributed by atoms with E-state index in [9.17, 15) is 0 Å². The van der Waals surface area contributed by atoms with Crippen LogP contribution in [0.15, 0.2) is 0 Å². The molecule has 0 saturated carbocycles. The van der Waals surface area contributed by atoms with Crippen molar-refractivity contribution in [3.63, 3.8) is 0 Å². The molecule has 1 saturated heterocycles. The smallest absolute Gasteiger partial charge is 0.0109 e. The molecular weight excluding hydrogens is 198 g/mol. The molecule has 96 valence electrons. The van der Waals surface area contributed by atoms with E-state index in [0.29, 0.717) is 0 Å². The Bertz CT molecular complexity index is 155. The second-order valence-electron chi connectivity index (χ2n) is 5.05. The fraction of sp³-hybridized carbons (Fsp3) is 1.00. The number of likely N-dealkylation sites (N-methyl/N-ethyl adjacent to an activating group) is 1. The van der Waals surface area contributed by atoms with Crippen LogP contribution in [0, 0.1) is 0 Å². The highest BCUT2D eigenvalue weighted by molar-refractivity contribution is 4.67. The first-order valence-corrected chi connectivity index (χ1v) is 6.94. The number of hydrogen-bond acceptors (Lipinski definition) is 3. The molecule has 0 aromatic carbocycles. The van der Waals surface area contributed by atoms with Crippen LogP contribution in [0.1, 0.15) is 38.5 Å². The molecule has 0 aromatic heterocycles. The average Bonchev–Trinajstić information content (AvgIpc) is 2.79. The van der Waals surface area contributed by atoms with Crippen molar-refractivity contribution in [1.29, 1.82) is 0 Å². The van der Waals surface area contributed by atoms with Gasteiger partial charge in [0.05, 0.1) is 0 Å². The van der Waals surface area contributed by atoms with Gasteiger partial charge in [0.1, 0.15) is 0 Å². The molecule has 1 rings (SSSR count). The molecule has 16 heavy (non-hydrogen) atoms. The molecule has 0 radical (unpaired) electrons. The van der Waals surface area contributed by atoms with Crippen LogP contribution < -0.4 is 5.73 Å². The third kappa shape index (κ3) is 6.46. The van der Waals surface area contributed by atoms with Gasteiger partial charge in [-0.05, 0) is 58.9 Å². The number of likely N-dealkylation sites (tertiary alicyclic amines) is 1. The van der Waals surface area contributed by atoms with Gasteiger partial charge in [-0.1, -0.05) is 12.8 Å². The van der Waals surface area contributed by atoms with E-state index in [2.05, 4.69) is 16.8 Å². The van der Waals surface area contributed by atoms with Gasteiger partial charge >= 0.3 is 0 Å². The topological polar surface area (TPSA) is 32.5 Å². The summed E-state index contributed by atoms with van der Waals surface area (Å²) < 4.78 is 0. The quantitative estimate of drug-likeness (QED) is 0.606. The first kappa shape index (κ1) is 13.9. The van der Waals surface area contributed by atoms with Gasteiger partial charge in [-0.15, -0.1) is 0 Å². The lowest BCUT2D eigenvalue weighted by Crippen LogP contribution is -2.31. The van der Waals surface area contributed by atoms with Crippen molar-refractivity contribution < 1.29 is 0 Å². The zero-order valence-electron chi connectivity index (χ0n) is 11.0. The van der Waals surface area contributed by atoms with Crippen molar-refractivity contribution >= 4 is 0 Å². The van der Waals surface area contributed by atoms with E-state index in [0.717, 1.165) is 6.54 Å². The van der Waals surface area contributed by atoms with Gasteiger partial charge in [-0.25, -0.2) is 0 Å². The third-order valence-corrected chi connectivity index (χ3v) is 3.49. The van der Waals surface area contributed by atoms with Crippen molar-refractivity contribution in [2.24, 2.45) is 5.73 Å². The summed E-state index contributed by atoms with van der Waals surface area (Å²) in [5.41, 5.74) is 5.47. The van der Waals surface area contributed by atoms with Gasteiger partial charge in [0, 0.05) is 13.1 Å². The molecule has 1 fully saturated rings. The lowest BCUT2D eigenvalue weighted by molar-refractivity contribution is 0.253. The monoisotopic (exact) mass is 227 g/mol. The fourth-order valence-electron chi connectivity index (χ4n) is 2.31. The largest absolute Gasteiger partial charge is 0.330 e. The Hall–Kier alpha value is -0.120. The highest BCUT2D eigenvalue weighted by atomic mass is 15.2. The van der Waals surface area contributed by atoms with E-state index < -0.39 is 0 Å². The van der Waals surface area contributed by atoms with E-state index in [1.165, 1.54) is 71.2 Å². The minimum Gasteiger partial charge on any atom is -0.330 e. The first-order chi connectivity index (χ1) is 7.83. The summed E-state index contributed by atoms with van der Waals surface area (Å²) in [6.45, 7) is 7.24. The lowest BCUT2D eigenvalue weighted by Gasteiger charge is -2.21. The van der Waals surface area contributed by atoms with Crippen molar-refractivity contribution in [2.75, 3.05) is 46.3 Å². The molecule has 0 aromatic rings. The number of nitrogens with zero attached hydrogens (tertiary/aromatic N) is 2. The van der Waals surface area contributed by atoms with Crippen LogP contribution in [-0.4, -0.2) is 56.1 Å². The Labute approximate surface area is 101 Å². The van der Waals surface area contributed by atoms with E-state index in [4.69, 9.17) is 5.73 Å². The van der Waals surface area contributed by atoms with Gasteiger partial charge in [-0.3, -0.25) is 0 Å². The van der Waals surface area contributed by atoms with Crippen LogP contribution in [0.3, 0.4) is 0 Å². The summed E-state index contributed by atoms with van der Waals surface area (Å²) in [7, 11) is 2.25. The molecule has 3 nitrogen and oxygen atoms in total. The van der Waals surface area contributed by atoms with E-state index in [1.807, 2.05) is 0 Å². The molecule has 1 heterocycles. The van der Waals surface area contributed by atoms with Gasteiger partial charge < -0.3 is 15.5 Å². The van der Waals surface area contributed by atoms with Crippen molar-refractivity contribution in [3.05, 3.63) is 0 Å². The van der Waals surface area contributed by atoms with Crippen molar-refractivity contribution in [2.45, 2.75) is 38.5 Å². The highest BCUT2D eigenvalue weighted by Gasteiger charge is 2.11. The van der Waals surface area contributed by atoms with E-state index in [-0.39, 0.29) is 0 Å². The first-order valence-electron chi connectivity index (χ1n) is 6.94. The van der Waals surface area contributed by atoms with Crippen LogP contribution in [-0.2, 0) is 0 Å². The maximum Gasteiger partial charge on any atom is 0.0109 e. The molecule has 0 spiro atoms. The molecule has 0 atom stereocenters. The van der Waals surface area contributed by atoms with Crippen LogP contribution in [0.5, 0.6) is 0 Å². The number of nitrogens with two attached hydrogens (primary N) is 1. The summed E-state index contributed by atoms with van der Waals surface area (Å²) in [5.74, 6) is 0. The summed E-state index contributed by atoms with van der Waals surface area (Å²) in [5, 5.41) is 0. The number of hydrogen-bond donors (Lipinski definition) is 1. The van der Waals surface area contributed by atoms with Gasteiger partial charge in [0.2, 0.25) is 0 Å². The summed E-state index contributed by atoms with van der Waals surface area (Å²) in [6.07, 6.45) is 7.97. The highest BCUT2D eigenvalue weighted by Crippen LogP contribution is 2.06. The predicted molar refractivity (Wildman–Crippen MR) is 70.7 cm³/mol. The van der Waals surface area contributed by atoms with E-state index in [1.54, 1.807) is 0 Å². The van der Waals surface area contributed by atoms with Crippen LogP contribution >= 0.6 is 0 Å². The zero-order chi connectivity index (χ0) is 11.6. The van der Waals surface area contributed by atoms with E-state index >= 15 is 0 Å². The molecule has 0 bridgehead atoms. The predicted octanol–water partition coefficient (Wildman–Crippen LogP) is 1.53. The molecule has 1 aliphatic rings. The zero-order valence-corrected chi connectivity index (χ0v) is 11.0. The molecular formula is C13H29N3. The summed E-state index contributed by atoms with van der Waals surface area (Å²) >= 11 is 0. The standard InChI is InChI=1S/C13H29N3/c1-15(9-5-3-2-4-8-14)12-13-16-10-6-7-11-16/h2-14H2,1H3. The molecule has 0 aliphatic carbocycles. The summed E-state index contributed by atoms with van der Waals surface area (Å²) in [6, 6.07) is 0. The van der Waals surface area contributed by atoms with Crippen LogP contribution in [0.2, 0.25) is 0 Å². The van der Waals surface area contributed by atoms with Gasteiger partial charge in [0.25, 0.3) is 0 Å². The van der Waals surface area contributed by atoms with Gasteiger partial charge in [-0.2, -0.15) is 0 Å². The second kappa shape index (κ2) is 8.97. The molecule has 1 aliphatic heterocycles. The second-order valence-corrected chi connectivity index (χ2v) is 5.05. The Morgan fingerprint density at radius 3 is 2.38 bits per heavy atom. The normalized spacial score (nSPS) is 17.4. The van der Waals surface area contributed by atoms with Crippen molar-refractivity contribution in [3.8, 4) is 0 Å². The minimum atomic E-state index is 0.852. The molecule has 2 N–H and O–H groups in total. The number of unbranched alkanes of at least 4 members (excludes halogenated alkanes) is 3. The fourth-order valence-corrected chi connectivity index (χ4v) is 2.31. The van der Waals surface area contributed by atoms with Crippen molar-refractivity contribution in [1.82, 2.24) is 9.80 Å². The SMILES string of the molecule is CN(CCCCCCN)CCN1CCCC1. The van der Waals surface area contributed by atoms with Crippen LogP contribution in [0.25, 0.3) is 0 Å². The minimum absolute atomic E-state index is 0.852. The lowest BCUT2D eigenvalue weighted by atomic mass is 10.2. The Kier molecular flexibility index (Phi) is 7.81. The third-order valence-electron chi connectivity index (χ3n) is 3.49. The Morgan fingerprint density at radius 1 is 1.00 bits per heavy atom. The Morgan fingerprint density at radius 2 is 1.69 bits per heavy atom. The Balaban J connectivity index is 1.87. The maximum atomic E-state index is 5.47. The van der Waals surface area contributed by atoms with Gasteiger partial charge in [0.15, 0.2) is 0 Å². The number of rotatable bonds is 9. The molecule has 0 unspecified atom stereocenters. The molecule has 3 heteroatoms. The molecule has 0 amide bonds. The summed E-state index contributed by atoms with van der Waals surface area (Å²) in [4.78, 5) is 5.06.